The Morgan fingerprint density at radius 2 is 1.75 bits per heavy atom. The van der Waals surface area contributed by atoms with Crippen molar-refractivity contribution in [2.75, 3.05) is 0 Å². The second-order valence-electron chi connectivity index (χ2n) is 4.44. The average Bonchev–Trinajstić information content (AvgIpc) is 1.99. The summed E-state index contributed by atoms with van der Waals surface area (Å²) in [5.41, 5.74) is 0.107. The first-order valence-corrected chi connectivity index (χ1v) is 5.13. The fraction of sp³-hybridized carbons (Fsp3) is 1.00. The molecule has 0 aliphatic carbocycles. The van der Waals surface area contributed by atoms with Crippen LogP contribution in [0.2, 0.25) is 0 Å². The molecule has 2 atom stereocenters. The molecule has 0 unspecified atom stereocenters. The molecule has 0 aromatic carbocycles. The van der Waals surface area contributed by atoms with Gasteiger partial charge in [0.2, 0.25) is 0 Å². The van der Waals surface area contributed by atoms with Gasteiger partial charge < -0.3 is 5.11 Å². The fourth-order valence-corrected chi connectivity index (χ4v) is 1.54. The van der Waals surface area contributed by atoms with Crippen LogP contribution in [0.4, 0.5) is 0 Å². The molecule has 0 aliphatic heterocycles. The van der Waals surface area contributed by atoms with E-state index in [0.29, 0.717) is 5.92 Å². The summed E-state index contributed by atoms with van der Waals surface area (Å²) >= 11 is 0. The van der Waals surface area contributed by atoms with Crippen LogP contribution in [0.3, 0.4) is 0 Å². The molecule has 1 heteroatoms. The lowest BCUT2D eigenvalue weighted by molar-refractivity contribution is 0.00818. The number of aliphatic hydroxyl groups excluding tert-OH is 1. The highest BCUT2D eigenvalue weighted by atomic mass is 16.3. The topological polar surface area (TPSA) is 20.2 Å². The van der Waals surface area contributed by atoms with E-state index in [9.17, 15) is 5.11 Å². The van der Waals surface area contributed by atoms with Crippen LogP contribution in [0.25, 0.3) is 0 Å². The first kappa shape index (κ1) is 12.0. The Balaban J connectivity index is 4.19. The quantitative estimate of drug-likeness (QED) is 0.675. The highest BCUT2D eigenvalue weighted by Gasteiger charge is 2.32. The number of aliphatic hydroxyl groups is 1. The van der Waals surface area contributed by atoms with E-state index in [1.165, 1.54) is 12.8 Å². The maximum absolute atomic E-state index is 9.67. The molecular weight excluding hydrogens is 148 g/mol. The molecule has 1 N–H and O–H groups in total. The third kappa shape index (κ3) is 2.78. The molecule has 12 heavy (non-hydrogen) atoms. The minimum atomic E-state index is -0.191. The number of rotatable bonds is 5. The predicted molar refractivity (Wildman–Crippen MR) is 54.2 cm³/mol. The van der Waals surface area contributed by atoms with Crippen LogP contribution in [0.1, 0.15) is 53.9 Å². The van der Waals surface area contributed by atoms with Gasteiger partial charge >= 0.3 is 0 Å². The summed E-state index contributed by atoms with van der Waals surface area (Å²) in [6, 6.07) is 0. The summed E-state index contributed by atoms with van der Waals surface area (Å²) in [7, 11) is 0. The number of unbranched alkanes of at least 4 members (excludes halogenated alkanes) is 1. The molecular formula is C11H24O. The van der Waals surface area contributed by atoms with Crippen LogP contribution < -0.4 is 0 Å². The summed E-state index contributed by atoms with van der Waals surface area (Å²) in [6.07, 6.45) is 3.39. The zero-order chi connectivity index (χ0) is 9.78. The normalized spacial score (nSPS) is 19.2. The molecule has 0 aliphatic rings. The third-order valence-electron chi connectivity index (χ3n) is 3.34. The van der Waals surface area contributed by atoms with Crippen molar-refractivity contribution in [2.24, 2.45) is 11.3 Å². The van der Waals surface area contributed by atoms with Crippen molar-refractivity contribution in [2.45, 2.75) is 60.0 Å². The van der Waals surface area contributed by atoms with Crippen LogP contribution >= 0.6 is 0 Å². The van der Waals surface area contributed by atoms with Gasteiger partial charge in [0.1, 0.15) is 0 Å². The molecule has 1 nitrogen and oxygen atoms in total. The molecule has 0 aromatic heterocycles. The van der Waals surface area contributed by atoms with Crippen LogP contribution in [0.15, 0.2) is 0 Å². The second kappa shape index (κ2) is 4.86. The van der Waals surface area contributed by atoms with Gasteiger partial charge in [-0.05, 0) is 24.7 Å². The minimum absolute atomic E-state index is 0.107. The van der Waals surface area contributed by atoms with Gasteiger partial charge in [-0.3, -0.25) is 0 Å². The molecule has 0 bridgehead atoms. The first-order chi connectivity index (χ1) is 5.45. The SMILES string of the molecule is CCCC[C@@](C)(C(C)C)[C@@H](C)O. The Morgan fingerprint density at radius 1 is 1.25 bits per heavy atom. The Kier molecular flexibility index (Phi) is 4.84. The predicted octanol–water partition coefficient (Wildman–Crippen LogP) is 3.22. The standard InChI is InChI=1S/C11H24O/c1-6-7-8-11(5,9(2)3)10(4)12/h9-10,12H,6-8H2,1-5H3/t10-,11+/m1/s1. The van der Waals surface area contributed by atoms with E-state index >= 15 is 0 Å². The fourth-order valence-electron chi connectivity index (χ4n) is 1.54. The van der Waals surface area contributed by atoms with Gasteiger partial charge in [0.05, 0.1) is 6.10 Å². The van der Waals surface area contributed by atoms with E-state index in [2.05, 4.69) is 27.7 Å². The van der Waals surface area contributed by atoms with Crippen LogP contribution in [0, 0.1) is 11.3 Å². The summed E-state index contributed by atoms with van der Waals surface area (Å²) in [6.45, 7) is 10.7. The zero-order valence-electron chi connectivity index (χ0n) is 9.22. The Hall–Kier alpha value is -0.0400. The van der Waals surface area contributed by atoms with E-state index in [1.807, 2.05) is 6.92 Å². The number of hydrogen-bond acceptors (Lipinski definition) is 1. The third-order valence-corrected chi connectivity index (χ3v) is 3.34. The second-order valence-corrected chi connectivity index (χ2v) is 4.44. The van der Waals surface area contributed by atoms with E-state index in [1.54, 1.807) is 0 Å². The first-order valence-electron chi connectivity index (χ1n) is 5.13. The van der Waals surface area contributed by atoms with Crippen LogP contribution in [-0.2, 0) is 0 Å². The maximum atomic E-state index is 9.67. The van der Waals surface area contributed by atoms with E-state index in [0.717, 1.165) is 6.42 Å². The molecule has 0 fully saturated rings. The van der Waals surface area contributed by atoms with Crippen molar-refractivity contribution in [3.8, 4) is 0 Å². The average molecular weight is 172 g/mol. The van der Waals surface area contributed by atoms with Crippen molar-refractivity contribution < 1.29 is 5.11 Å². The van der Waals surface area contributed by atoms with Gasteiger partial charge in [-0.25, -0.2) is 0 Å². The lowest BCUT2D eigenvalue weighted by atomic mass is 9.71. The van der Waals surface area contributed by atoms with Crippen molar-refractivity contribution in [3.63, 3.8) is 0 Å². The Morgan fingerprint density at radius 3 is 2.00 bits per heavy atom. The molecule has 0 spiro atoms. The smallest absolute Gasteiger partial charge is 0.0568 e. The van der Waals surface area contributed by atoms with Gasteiger partial charge in [-0.1, -0.05) is 40.5 Å². The Labute approximate surface area is 77.2 Å². The molecule has 0 saturated heterocycles. The molecule has 0 aromatic rings. The van der Waals surface area contributed by atoms with Gasteiger partial charge in [0.25, 0.3) is 0 Å². The molecule has 74 valence electrons. The van der Waals surface area contributed by atoms with Gasteiger partial charge in [-0.15, -0.1) is 0 Å². The van der Waals surface area contributed by atoms with Crippen LogP contribution in [0.5, 0.6) is 0 Å². The Bertz CT molecular complexity index is 108. The highest BCUT2D eigenvalue weighted by molar-refractivity contribution is 4.82. The van der Waals surface area contributed by atoms with Gasteiger partial charge in [0, 0.05) is 0 Å². The maximum Gasteiger partial charge on any atom is 0.0568 e. The zero-order valence-corrected chi connectivity index (χ0v) is 9.22. The highest BCUT2D eigenvalue weighted by Crippen LogP contribution is 2.36. The lowest BCUT2D eigenvalue weighted by Gasteiger charge is -2.36. The summed E-state index contributed by atoms with van der Waals surface area (Å²) in [5, 5.41) is 9.67. The minimum Gasteiger partial charge on any atom is -0.393 e. The van der Waals surface area contributed by atoms with Crippen LogP contribution in [-0.4, -0.2) is 11.2 Å². The van der Waals surface area contributed by atoms with Gasteiger partial charge in [0.15, 0.2) is 0 Å². The largest absolute Gasteiger partial charge is 0.393 e. The molecule has 0 heterocycles. The van der Waals surface area contributed by atoms with E-state index < -0.39 is 0 Å². The van der Waals surface area contributed by atoms with Crippen molar-refractivity contribution >= 4 is 0 Å². The van der Waals surface area contributed by atoms with Crippen molar-refractivity contribution in [1.82, 2.24) is 0 Å². The monoisotopic (exact) mass is 172 g/mol. The summed E-state index contributed by atoms with van der Waals surface area (Å²) in [4.78, 5) is 0. The number of hydrogen-bond donors (Lipinski definition) is 1. The van der Waals surface area contributed by atoms with Crippen molar-refractivity contribution in [1.29, 1.82) is 0 Å². The molecule has 0 rings (SSSR count). The van der Waals surface area contributed by atoms with E-state index in [4.69, 9.17) is 0 Å². The summed E-state index contributed by atoms with van der Waals surface area (Å²) in [5.74, 6) is 0.559. The molecule has 0 saturated carbocycles. The van der Waals surface area contributed by atoms with Crippen molar-refractivity contribution in [3.05, 3.63) is 0 Å². The van der Waals surface area contributed by atoms with E-state index in [-0.39, 0.29) is 11.5 Å². The molecule has 0 amide bonds. The molecule has 0 radical (unpaired) electrons. The lowest BCUT2D eigenvalue weighted by Crippen LogP contribution is -2.35. The van der Waals surface area contributed by atoms with Gasteiger partial charge in [-0.2, -0.15) is 0 Å². The summed E-state index contributed by atoms with van der Waals surface area (Å²) < 4.78 is 0.